The lowest BCUT2D eigenvalue weighted by molar-refractivity contribution is 0.0526. The summed E-state index contributed by atoms with van der Waals surface area (Å²) < 4.78 is 5.29. The number of fused-ring (bicyclic) bond motifs is 1. The van der Waals surface area contributed by atoms with Gasteiger partial charge in [0, 0.05) is 36.8 Å². The Kier molecular flexibility index (Phi) is 5.07. The van der Waals surface area contributed by atoms with E-state index in [1.54, 1.807) is 0 Å². The lowest BCUT2D eigenvalue weighted by atomic mass is 9.92. The number of aromatic nitrogens is 1. The van der Waals surface area contributed by atoms with Crippen molar-refractivity contribution in [2.75, 3.05) is 19.7 Å². The first-order valence-corrected chi connectivity index (χ1v) is 9.49. The number of carbonyl (C=O) groups excluding carboxylic acids is 1. The lowest BCUT2D eigenvalue weighted by Crippen LogP contribution is -2.28. The second kappa shape index (κ2) is 7.80. The molecule has 2 aromatic carbocycles. The van der Waals surface area contributed by atoms with Crippen molar-refractivity contribution in [3.8, 4) is 0 Å². The van der Waals surface area contributed by atoms with Crippen molar-refractivity contribution in [1.82, 2.24) is 9.88 Å². The van der Waals surface area contributed by atoms with Gasteiger partial charge in [0.25, 0.3) is 0 Å². The van der Waals surface area contributed by atoms with Crippen LogP contribution in [0.1, 0.15) is 34.8 Å². The maximum absolute atomic E-state index is 12.5. The highest BCUT2D eigenvalue weighted by atomic mass is 16.5. The molecule has 0 bridgehead atoms. The molecule has 4 heteroatoms. The smallest absolute Gasteiger partial charge is 0.338 e. The van der Waals surface area contributed by atoms with E-state index in [0.717, 1.165) is 42.5 Å². The fourth-order valence-corrected chi connectivity index (χ4v) is 3.76. The van der Waals surface area contributed by atoms with Gasteiger partial charge in [-0.05, 0) is 36.6 Å². The van der Waals surface area contributed by atoms with Crippen LogP contribution in [0.2, 0.25) is 0 Å². The topological polar surface area (TPSA) is 45.3 Å². The summed E-state index contributed by atoms with van der Waals surface area (Å²) in [6.45, 7) is 5.02. The second-order valence-electron chi connectivity index (χ2n) is 6.85. The van der Waals surface area contributed by atoms with Gasteiger partial charge in [0.1, 0.15) is 0 Å². The lowest BCUT2D eigenvalue weighted by Gasteiger charge is -2.27. The number of aromatic amines is 1. The van der Waals surface area contributed by atoms with Gasteiger partial charge in [-0.2, -0.15) is 0 Å². The summed E-state index contributed by atoms with van der Waals surface area (Å²) in [4.78, 5) is 18.2. The number of benzene rings is 2. The summed E-state index contributed by atoms with van der Waals surface area (Å²) >= 11 is 0. The summed E-state index contributed by atoms with van der Waals surface area (Å²) in [6, 6.07) is 16.4. The Labute approximate surface area is 159 Å². The molecule has 3 aromatic rings. The molecule has 0 radical (unpaired) electrons. The molecule has 138 valence electrons. The van der Waals surface area contributed by atoms with Crippen LogP contribution in [0.25, 0.3) is 16.5 Å². The van der Waals surface area contributed by atoms with Gasteiger partial charge in [0.2, 0.25) is 0 Å². The van der Waals surface area contributed by atoms with Gasteiger partial charge < -0.3 is 9.72 Å². The molecule has 0 fully saturated rings. The predicted molar refractivity (Wildman–Crippen MR) is 109 cm³/mol. The van der Waals surface area contributed by atoms with E-state index in [0.29, 0.717) is 12.2 Å². The highest BCUT2D eigenvalue weighted by molar-refractivity contribution is 6.04. The molecule has 2 heterocycles. The Morgan fingerprint density at radius 1 is 1.15 bits per heavy atom. The van der Waals surface area contributed by atoms with E-state index in [2.05, 4.69) is 40.2 Å². The van der Waals surface area contributed by atoms with Crippen LogP contribution in [-0.4, -0.2) is 35.5 Å². The van der Waals surface area contributed by atoms with Crippen LogP contribution in [0.3, 0.4) is 0 Å². The van der Waals surface area contributed by atoms with Crippen molar-refractivity contribution in [2.24, 2.45) is 0 Å². The van der Waals surface area contributed by atoms with Gasteiger partial charge in [-0.25, -0.2) is 4.79 Å². The molecule has 0 saturated heterocycles. The van der Waals surface area contributed by atoms with Gasteiger partial charge in [-0.1, -0.05) is 42.5 Å². The third-order valence-corrected chi connectivity index (χ3v) is 5.09. The normalized spacial score (nSPS) is 14.9. The average Bonchev–Trinajstić information content (AvgIpc) is 3.18. The molecule has 0 unspecified atom stereocenters. The first-order chi connectivity index (χ1) is 13.3. The minimum absolute atomic E-state index is 0.253. The highest BCUT2D eigenvalue weighted by Crippen LogP contribution is 2.32. The number of rotatable bonds is 5. The molecule has 1 aromatic heterocycles. The van der Waals surface area contributed by atoms with Gasteiger partial charge in [-0.3, -0.25) is 4.90 Å². The summed E-state index contributed by atoms with van der Waals surface area (Å²) in [7, 11) is 0. The molecule has 4 rings (SSSR count). The molecular weight excluding hydrogens is 336 g/mol. The third-order valence-electron chi connectivity index (χ3n) is 5.09. The maximum Gasteiger partial charge on any atom is 0.338 e. The maximum atomic E-state index is 12.5. The SMILES string of the molecule is CCOC(=O)c1ccc2cc[nH]c2c1C1=CCN(Cc2ccccc2)CC1. The van der Waals surface area contributed by atoms with Gasteiger partial charge in [0.15, 0.2) is 0 Å². The van der Waals surface area contributed by atoms with E-state index < -0.39 is 0 Å². The van der Waals surface area contributed by atoms with Crippen molar-refractivity contribution < 1.29 is 9.53 Å². The molecule has 0 spiro atoms. The minimum Gasteiger partial charge on any atom is -0.462 e. The molecule has 0 saturated carbocycles. The summed E-state index contributed by atoms with van der Waals surface area (Å²) in [5.74, 6) is -0.253. The number of nitrogens with zero attached hydrogens (tertiary/aromatic N) is 1. The zero-order valence-electron chi connectivity index (χ0n) is 15.6. The van der Waals surface area contributed by atoms with Gasteiger partial charge in [0.05, 0.1) is 17.7 Å². The molecule has 1 N–H and O–H groups in total. The number of esters is 1. The van der Waals surface area contributed by atoms with E-state index in [4.69, 9.17) is 4.74 Å². The first-order valence-electron chi connectivity index (χ1n) is 9.49. The van der Waals surface area contributed by atoms with Crippen LogP contribution in [0.4, 0.5) is 0 Å². The minimum atomic E-state index is -0.253. The largest absolute Gasteiger partial charge is 0.462 e. The van der Waals surface area contributed by atoms with E-state index in [9.17, 15) is 4.79 Å². The molecule has 0 aliphatic carbocycles. The van der Waals surface area contributed by atoms with Gasteiger partial charge in [-0.15, -0.1) is 0 Å². The fourth-order valence-electron chi connectivity index (χ4n) is 3.76. The standard InChI is InChI=1S/C23H24N2O2/c1-2-27-23(26)20-9-8-19-10-13-24-22(19)21(20)18-11-14-25(15-12-18)16-17-6-4-3-5-7-17/h3-11,13,24H,2,12,14-16H2,1H3. The molecule has 0 atom stereocenters. The zero-order valence-corrected chi connectivity index (χ0v) is 15.6. The molecular formula is C23H24N2O2. The first kappa shape index (κ1) is 17.6. The quantitative estimate of drug-likeness (QED) is 0.675. The number of ether oxygens (including phenoxy) is 1. The number of hydrogen-bond acceptors (Lipinski definition) is 3. The predicted octanol–water partition coefficient (Wildman–Crippen LogP) is 4.63. The van der Waals surface area contributed by atoms with Crippen LogP contribution >= 0.6 is 0 Å². The van der Waals surface area contributed by atoms with Crippen molar-refractivity contribution in [3.63, 3.8) is 0 Å². The summed E-state index contributed by atoms with van der Waals surface area (Å²) in [5.41, 5.74) is 5.21. The molecule has 1 aliphatic rings. The number of carbonyl (C=O) groups is 1. The van der Waals surface area contributed by atoms with Crippen LogP contribution < -0.4 is 0 Å². The van der Waals surface area contributed by atoms with Crippen molar-refractivity contribution >= 4 is 22.4 Å². The molecule has 1 aliphatic heterocycles. The zero-order chi connectivity index (χ0) is 18.6. The third kappa shape index (κ3) is 3.67. The van der Waals surface area contributed by atoms with Crippen LogP contribution in [0.5, 0.6) is 0 Å². The van der Waals surface area contributed by atoms with Crippen LogP contribution in [-0.2, 0) is 11.3 Å². The molecule has 4 nitrogen and oxygen atoms in total. The Balaban J connectivity index is 1.63. The number of nitrogens with one attached hydrogen (secondary N) is 1. The number of hydrogen-bond donors (Lipinski definition) is 1. The van der Waals surface area contributed by atoms with E-state index in [1.807, 2.05) is 37.4 Å². The fraction of sp³-hybridized carbons (Fsp3) is 0.261. The van der Waals surface area contributed by atoms with E-state index >= 15 is 0 Å². The monoisotopic (exact) mass is 360 g/mol. The molecule has 27 heavy (non-hydrogen) atoms. The molecule has 0 amide bonds. The summed E-state index contributed by atoms with van der Waals surface area (Å²) in [6.07, 6.45) is 5.09. The van der Waals surface area contributed by atoms with Crippen LogP contribution in [0.15, 0.2) is 60.8 Å². The highest BCUT2D eigenvalue weighted by Gasteiger charge is 2.22. The Morgan fingerprint density at radius 3 is 2.74 bits per heavy atom. The Hall–Kier alpha value is -2.85. The van der Waals surface area contributed by atoms with E-state index in [1.165, 1.54) is 11.1 Å². The number of H-pyrrole nitrogens is 1. The van der Waals surface area contributed by atoms with Gasteiger partial charge >= 0.3 is 5.97 Å². The summed E-state index contributed by atoms with van der Waals surface area (Å²) in [5, 5.41) is 1.12. The second-order valence-corrected chi connectivity index (χ2v) is 6.85. The van der Waals surface area contributed by atoms with Crippen LogP contribution in [0, 0.1) is 0 Å². The van der Waals surface area contributed by atoms with Crippen molar-refractivity contribution in [3.05, 3.63) is 77.5 Å². The average molecular weight is 360 g/mol. The van der Waals surface area contributed by atoms with E-state index in [-0.39, 0.29) is 5.97 Å². The Morgan fingerprint density at radius 2 is 2.00 bits per heavy atom. The van der Waals surface area contributed by atoms with Crippen molar-refractivity contribution in [2.45, 2.75) is 19.9 Å². The Bertz CT molecular complexity index is 972. The van der Waals surface area contributed by atoms with Crippen molar-refractivity contribution in [1.29, 1.82) is 0 Å².